The van der Waals surface area contributed by atoms with E-state index < -0.39 is 10.0 Å². The first kappa shape index (κ1) is 13.0. The van der Waals surface area contributed by atoms with Crippen LogP contribution in [0.1, 0.15) is 23.8 Å². The van der Waals surface area contributed by atoms with Gasteiger partial charge in [-0.1, -0.05) is 23.5 Å². The van der Waals surface area contributed by atoms with Crippen molar-refractivity contribution in [2.45, 2.75) is 23.7 Å². The topological polar surface area (TPSA) is 72.0 Å². The molecule has 0 saturated heterocycles. The van der Waals surface area contributed by atoms with Gasteiger partial charge in [0.05, 0.1) is 0 Å². The van der Waals surface area contributed by atoms with E-state index in [2.05, 4.69) is 30.8 Å². The summed E-state index contributed by atoms with van der Waals surface area (Å²) in [5.41, 5.74) is 0. The molecule has 1 aromatic heterocycles. The van der Waals surface area contributed by atoms with Crippen LogP contribution >= 0.6 is 27.3 Å². The Kier molecular flexibility index (Phi) is 3.32. The molecule has 1 aromatic carbocycles. The lowest BCUT2D eigenvalue weighted by Gasteiger charge is -2.06. The predicted octanol–water partition coefficient (Wildman–Crippen LogP) is 2.98. The first-order valence-corrected chi connectivity index (χ1v) is 8.76. The minimum absolute atomic E-state index is 0.193. The molecular weight excluding hydrogens is 350 g/mol. The second kappa shape index (κ2) is 4.84. The summed E-state index contributed by atoms with van der Waals surface area (Å²) in [4.78, 5) is 0.193. The zero-order chi connectivity index (χ0) is 13.5. The number of hydrogen-bond donors (Lipinski definition) is 1. The van der Waals surface area contributed by atoms with Crippen LogP contribution < -0.4 is 4.72 Å². The van der Waals surface area contributed by atoms with E-state index >= 15 is 0 Å². The number of sulfonamides is 1. The average Bonchev–Trinajstić information content (AvgIpc) is 3.11. The molecule has 19 heavy (non-hydrogen) atoms. The molecule has 1 heterocycles. The van der Waals surface area contributed by atoms with E-state index in [4.69, 9.17) is 0 Å². The summed E-state index contributed by atoms with van der Waals surface area (Å²) < 4.78 is 27.4. The van der Waals surface area contributed by atoms with Gasteiger partial charge in [-0.25, -0.2) is 8.42 Å². The van der Waals surface area contributed by atoms with Crippen molar-refractivity contribution in [3.05, 3.63) is 33.7 Å². The highest BCUT2D eigenvalue weighted by Crippen LogP contribution is 2.42. The maximum absolute atomic E-state index is 12.2. The highest BCUT2D eigenvalue weighted by molar-refractivity contribution is 9.10. The lowest BCUT2D eigenvalue weighted by atomic mass is 10.4. The fourth-order valence-electron chi connectivity index (χ4n) is 1.60. The first-order valence-electron chi connectivity index (χ1n) is 5.67. The smallest absolute Gasteiger partial charge is 0.253 e. The molecular formula is C11H10BrN3O2S2. The van der Waals surface area contributed by atoms with Gasteiger partial charge >= 0.3 is 0 Å². The molecule has 8 heteroatoms. The van der Waals surface area contributed by atoms with Gasteiger partial charge in [0, 0.05) is 10.4 Å². The highest BCUT2D eigenvalue weighted by atomic mass is 79.9. The van der Waals surface area contributed by atoms with Crippen LogP contribution in [0.15, 0.2) is 33.6 Å². The van der Waals surface area contributed by atoms with E-state index in [-0.39, 0.29) is 4.90 Å². The Morgan fingerprint density at radius 1 is 1.26 bits per heavy atom. The lowest BCUT2D eigenvalue weighted by Crippen LogP contribution is -2.13. The number of benzene rings is 1. The first-order chi connectivity index (χ1) is 9.06. The fraction of sp³-hybridized carbons (Fsp3) is 0.273. The second-order valence-electron chi connectivity index (χ2n) is 4.26. The Morgan fingerprint density at radius 3 is 2.68 bits per heavy atom. The van der Waals surface area contributed by atoms with Crippen molar-refractivity contribution in [2.75, 3.05) is 4.72 Å². The molecule has 1 saturated carbocycles. The van der Waals surface area contributed by atoms with E-state index in [1.807, 2.05) is 0 Å². The van der Waals surface area contributed by atoms with Crippen molar-refractivity contribution in [2.24, 2.45) is 0 Å². The van der Waals surface area contributed by atoms with Gasteiger partial charge in [0.1, 0.15) is 9.90 Å². The Morgan fingerprint density at radius 2 is 2.00 bits per heavy atom. The number of hydrogen-bond acceptors (Lipinski definition) is 5. The second-order valence-corrected chi connectivity index (χ2v) is 7.77. The molecule has 1 aliphatic carbocycles. The molecule has 0 radical (unpaired) electrons. The maximum atomic E-state index is 12.2. The molecule has 2 aromatic rings. The number of aromatic nitrogens is 2. The van der Waals surface area contributed by atoms with Gasteiger partial charge < -0.3 is 0 Å². The number of rotatable bonds is 4. The van der Waals surface area contributed by atoms with Crippen molar-refractivity contribution in [3.8, 4) is 0 Å². The Bertz CT molecular complexity index is 710. The third-order valence-electron chi connectivity index (χ3n) is 2.72. The zero-order valence-corrected chi connectivity index (χ0v) is 12.9. The molecule has 3 rings (SSSR count). The van der Waals surface area contributed by atoms with Crippen LogP contribution in [0.3, 0.4) is 0 Å². The standard InChI is InChI=1S/C11H10BrN3O2S2/c12-8-3-1-2-4-9(8)19(16,17)15-11-14-13-10(18-11)7-5-6-7/h1-4,7H,5-6H2,(H,14,15). The van der Waals surface area contributed by atoms with Gasteiger partial charge in [-0.15, -0.1) is 10.2 Å². The summed E-state index contributed by atoms with van der Waals surface area (Å²) >= 11 is 4.54. The van der Waals surface area contributed by atoms with E-state index in [0.717, 1.165) is 17.8 Å². The number of nitrogens with zero attached hydrogens (tertiary/aromatic N) is 2. The van der Waals surface area contributed by atoms with E-state index in [9.17, 15) is 8.42 Å². The summed E-state index contributed by atoms with van der Waals surface area (Å²) in [7, 11) is -3.62. The van der Waals surface area contributed by atoms with Crippen molar-refractivity contribution in [3.63, 3.8) is 0 Å². The van der Waals surface area contributed by atoms with Gasteiger partial charge in [-0.05, 0) is 40.9 Å². The largest absolute Gasteiger partial charge is 0.264 e. The molecule has 5 nitrogen and oxygen atoms in total. The van der Waals surface area contributed by atoms with Crippen LogP contribution in [0, 0.1) is 0 Å². The van der Waals surface area contributed by atoms with Gasteiger partial charge in [-0.3, -0.25) is 4.72 Å². The third kappa shape index (κ3) is 2.80. The molecule has 1 N–H and O–H groups in total. The predicted molar refractivity (Wildman–Crippen MR) is 76.8 cm³/mol. The van der Waals surface area contributed by atoms with E-state index in [1.54, 1.807) is 18.2 Å². The van der Waals surface area contributed by atoms with Gasteiger partial charge in [-0.2, -0.15) is 0 Å². The van der Waals surface area contributed by atoms with Gasteiger partial charge in [0.2, 0.25) is 5.13 Å². The summed E-state index contributed by atoms with van der Waals surface area (Å²) in [5, 5.41) is 9.11. The number of nitrogens with one attached hydrogen (secondary N) is 1. The van der Waals surface area contributed by atoms with Crippen molar-refractivity contribution < 1.29 is 8.42 Å². The fourth-order valence-corrected chi connectivity index (χ4v) is 4.75. The van der Waals surface area contributed by atoms with Crippen molar-refractivity contribution in [1.82, 2.24) is 10.2 Å². The summed E-state index contributed by atoms with van der Waals surface area (Å²) in [5.74, 6) is 0.471. The lowest BCUT2D eigenvalue weighted by molar-refractivity contribution is 0.600. The summed E-state index contributed by atoms with van der Waals surface area (Å²) in [6.07, 6.45) is 2.23. The molecule has 0 amide bonds. The SMILES string of the molecule is O=S(=O)(Nc1nnc(C2CC2)s1)c1ccccc1Br. The quantitative estimate of drug-likeness (QED) is 0.910. The van der Waals surface area contributed by atoms with Crippen molar-refractivity contribution in [1.29, 1.82) is 0 Å². The molecule has 100 valence electrons. The molecule has 0 unspecified atom stereocenters. The normalized spacial score (nSPS) is 15.4. The van der Waals surface area contributed by atoms with E-state index in [1.165, 1.54) is 17.4 Å². The molecule has 1 fully saturated rings. The van der Waals surface area contributed by atoms with Crippen LogP contribution in [0.25, 0.3) is 0 Å². The average molecular weight is 360 g/mol. The number of halogens is 1. The summed E-state index contributed by atoms with van der Waals surface area (Å²) in [6, 6.07) is 6.66. The minimum Gasteiger partial charge on any atom is -0.253 e. The Labute approximate surface area is 123 Å². The van der Waals surface area contributed by atoms with Crippen LogP contribution in [0.2, 0.25) is 0 Å². The third-order valence-corrected chi connectivity index (χ3v) is 6.20. The van der Waals surface area contributed by atoms with Crippen molar-refractivity contribution >= 4 is 42.4 Å². The maximum Gasteiger partial charge on any atom is 0.264 e. The van der Waals surface area contributed by atoms with Gasteiger partial charge in [0.25, 0.3) is 10.0 Å². The monoisotopic (exact) mass is 359 g/mol. The van der Waals surface area contributed by atoms with Crippen LogP contribution in [-0.2, 0) is 10.0 Å². The molecule has 0 spiro atoms. The molecule has 0 aliphatic heterocycles. The zero-order valence-electron chi connectivity index (χ0n) is 9.71. The van der Waals surface area contributed by atoms with Crippen LogP contribution in [0.4, 0.5) is 5.13 Å². The minimum atomic E-state index is -3.62. The summed E-state index contributed by atoms with van der Waals surface area (Å²) in [6.45, 7) is 0. The van der Waals surface area contributed by atoms with Crippen LogP contribution in [0.5, 0.6) is 0 Å². The molecule has 0 atom stereocenters. The molecule has 1 aliphatic rings. The van der Waals surface area contributed by atoms with E-state index in [0.29, 0.717) is 15.5 Å². The highest BCUT2D eigenvalue weighted by Gasteiger charge is 2.28. The number of anilines is 1. The Hall–Kier alpha value is -0.990. The van der Waals surface area contributed by atoms with Gasteiger partial charge in [0.15, 0.2) is 0 Å². The van der Waals surface area contributed by atoms with Crippen LogP contribution in [-0.4, -0.2) is 18.6 Å². The Balaban J connectivity index is 1.86. The molecule has 0 bridgehead atoms.